The van der Waals surface area contributed by atoms with E-state index in [2.05, 4.69) is 54.5 Å². The smallest absolute Gasteiger partial charge is 0.138 e. The average Bonchev–Trinajstić information content (AvgIpc) is 2.95. The number of hydrogen-bond donors (Lipinski definition) is 5. The molecule has 250 valence electrons. The number of aliphatic hydroxyl groups excluding tert-OH is 5. The first kappa shape index (κ1) is 33.1. The largest absolute Gasteiger partial charge is 0.394 e. The van der Waals surface area contributed by atoms with Gasteiger partial charge in [-0.3, -0.25) is 4.79 Å². The molecule has 1 heterocycles. The molecule has 7 nitrogen and oxygen atoms in total. The molecule has 5 unspecified atom stereocenters. The Morgan fingerprint density at radius 2 is 1.57 bits per heavy atom. The van der Waals surface area contributed by atoms with Crippen LogP contribution < -0.4 is 0 Å². The fraction of sp³-hybridized carbons (Fsp3) is 0.919. The van der Waals surface area contributed by atoms with Crippen LogP contribution in [-0.4, -0.2) is 74.5 Å². The highest BCUT2D eigenvalue weighted by Gasteiger charge is 2.68. The zero-order valence-corrected chi connectivity index (χ0v) is 28.3. The second-order valence-electron chi connectivity index (χ2n) is 18.3. The predicted molar refractivity (Wildman–Crippen MR) is 168 cm³/mol. The molecular weight excluding hydrogens is 556 g/mol. The summed E-state index contributed by atoms with van der Waals surface area (Å²) in [4.78, 5) is 13.1. The van der Waals surface area contributed by atoms with Gasteiger partial charge in [-0.05, 0) is 109 Å². The molecule has 1 saturated heterocycles. The molecule has 5 aliphatic carbocycles. The molecule has 0 aromatic rings. The summed E-state index contributed by atoms with van der Waals surface area (Å²) >= 11 is 0. The lowest BCUT2D eigenvalue weighted by Gasteiger charge is -2.71. The van der Waals surface area contributed by atoms with Crippen molar-refractivity contribution in [1.82, 2.24) is 0 Å². The normalized spacial score (nSPS) is 52.1. The average molecular weight is 617 g/mol. The van der Waals surface area contributed by atoms with Crippen LogP contribution in [0.5, 0.6) is 0 Å². The number of hydrogen-bond acceptors (Lipinski definition) is 7. The maximum absolute atomic E-state index is 13.1. The van der Waals surface area contributed by atoms with Crippen LogP contribution in [0.25, 0.3) is 0 Å². The second kappa shape index (κ2) is 10.6. The van der Waals surface area contributed by atoms with Gasteiger partial charge in [0.1, 0.15) is 36.3 Å². The highest BCUT2D eigenvalue weighted by molar-refractivity contribution is 5.85. The highest BCUT2D eigenvalue weighted by atomic mass is 16.6. The van der Waals surface area contributed by atoms with Gasteiger partial charge in [-0.2, -0.15) is 0 Å². The molecule has 0 spiro atoms. The Balaban J connectivity index is 1.34. The molecule has 6 rings (SSSR count). The Morgan fingerprint density at radius 3 is 2.25 bits per heavy atom. The number of carbonyl (C=O) groups excluding carboxylic acids is 1. The van der Waals surface area contributed by atoms with Crippen LogP contribution in [-0.2, 0) is 9.53 Å². The van der Waals surface area contributed by atoms with Gasteiger partial charge in [0.2, 0.25) is 0 Å². The van der Waals surface area contributed by atoms with E-state index in [9.17, 15) is 30.3 Å². The number of Topliss-reactive ketones (excluding diaryl/α,β-unsaturated/α-hetero) is 1. The van der Waals surface area contributed by atoms with E-state index in [1.807, 2.05) is 0 Å². The van der Waals surface area contributed by atoms with E-state index in [4.69, 9.17) is 4.74 Å². The lowest BCUT2D eigenvalue weighted by molar-refractivity contribution is -0.253. The summed E-state index contributed by atoms with van der Waals surface area (Å²) in [6.07, 6.45) is 5.71. The first-order valence-corrected chi connectivity index (χ1v) is 17.6. The lowest BCUT2D eigenvalue weighted by Crippen LogP contribution is -2.65. The summed E-state index contributed by atoms with van der Waals surface area (Å²) in [7, 11) is 0. The van der Waals surface area contributed by atoms with Crippen LogP contribution in [0.15, 0.2) is 11.6 Å². The number of carbonyl (C=O) groups is 1. The van der Waals surface area contributed by atoms with Gasteiger partial charge in [0.05, 0.1) is 12.7 Å². The Bertz CT molecular complexity index is 1180. The third-order valence-electron chi connectivity index (χ3n) is 15.5. The van der Waals surface area contributed by atoms with Crippen molar-refractivity contribution >= 4 is 5.78 Å². The predicted octanol–water partition coefficient (Wildman–Crippen LogP) is 4.95. The molecule has 0 aromatic carbocycles. The fourth-order valence-electron chi connectivity index (χ4n) is 12.5. The number of ether oxygens (including phenoxy) is 1. The molecule has 0 bridgehead atoms. The number of rotatable bonds is 4. The minimum absolute atomic E-state index is 0.0329. The van der Waals surface area contributed by atoms with Gasteiger partial charge in [0, 0.05) is 11.8 Å². The summed E-state index contributed by atoms with van der Waals surface area (Å²) in [5.41, 5.74) is 1.63. The van der Waals surface area contributed by atoms with Crippen molar-refractivity contribution in [3.63, 3.8) is 0 Å². The van der Waals surface area contributed by atoms with E-state index in [0.29, 0.717) is 36.4 Å². The molecule has 13 atom stereocenters. The standard InChI is InChI=1S/C37H60O7/c1-32(2)14-16-37(19-23(39)31-30(43)29(42)28(41)24(20-38)44-31)17-15-35(6)21(22(37)18-32)8-9-26-34(5)12-11-27(40)33(3,4)25(34)10-13-36(26,35)7/h8,22-26,28-31,38-39,41-43H,9-20H2,1-7H3/t22?,23-,24?,25?,26?,28+,29+,30?,31+,34+,35-,36-,37-/m1/s1. The van der Waals surface area contributed by atoms with Gasteiger partial charge < -0.3 is 30.3 Å². The van der Waals surface area contributed by atoms with Gasteiger partial charge in [-0.15, -0.1) is 0 Å². The highest BCUT2D eigenvalue weighted by Crippen LogP contribution is 2.76. The quantitative estimate of drug-likeness (QED) is 0.283. The first-order valence-electron chi connectivity index (χ1n) is 17.6. The molecule has 44 heavy (non-hydrogen) atoms. The molecule has 5 fully saturated rings. The van der Waals surface area contributed by atoms with Crippen LogP contribution in [0.2, 0.25) is 0 Å². The van der Waals surface area contributed by atoms with Crippen molar-refractivity contribution in [3.8, 4) is 0 Å². The Morgan fingerprint density at radius 1 is 0.886 bits per heavy atom. The van der Waals surface area contributed by atoms with E-state index >= 15 is 0 Å². The molecule has 6 aliphatic rings. The summed E-state index contributed by atoms with van der Waals surface area (Å²) in [5.74, 6) is 1.68. The number of allylic oxidation sites excluding steroid dienone is 2. The van der Waals surface area contributed by atoms with Crippen LogP contribution in [0.1, 0.15) is 119 Å². The van der Waals surface area contributed by atoms with Gasteiger partial charge in [-0.25, -0.2) is 0 Å². The third kappa shape index (κ3) is 4.52. The van der Waals surface area contributed by atoms with Crippen LogP contribution >= 0.6 is 0 Å². The van der Waals surface area contributed by atoms with Crippen LogP contribution in [0, 0.1) is 50.2 Å². The molecule has 0 aromatic heterocycles. The first-order chi connectivity index (χ1) is 20.4. The number of ketones is 1. The van der Waals surface area contributed by atoms with Crippen molar-refractivity contribution in [3.05, 3.63) is 11.6 Å². The third-order valence-corrected chi connectivity index (χ3v) is 15.5. The van der Waals surface area contributed by atoms with Crippen LogP contribution in [0.4, 0.5) is 0 Å². The minimum atomic E-state index is -1.48. The van der Waals surface area contributed by atoms with E-state index in [1.165, 1.54) is 0 Å². The molecule has 0 radical (unpaired) electrons. The molecule has 7 heteroatoms. The van der Waals surface area contributed by atoms with Crippen molar-refractivity contribution in [1.29, 1.82) is 0 Å². The molecule has 5 N–H and O–H groups in total. The Hall–Kier alpha value is -0.830. The van der Waals surface area contributed by atoms with Gasteiger partial charge >= 0.3 is 0 Å². The fourth-order valence-corrected chi connectivity index (χ4v) is 12.5. The summed E-state index contributed by atoms with van der Waals surface area (Å²) in [6.45, 7) is 16.3. The summed E-state index contributed by atoms with van der Waals surface area (Å²) < 4.78 is 5.85. The zero-order valence-electron chi connectivity index (χ0n) is 28.3. The maximum Gasteiger partial charge on any atom is 0.138 e. The van der Waals surface area contributed by atoms with Gasteiger partial charge in [0.25, 0.3) is 0 Å². The Labute approximate surface area is 264 Å². The van der Waals surface area contributed by atoms with E-state index in [1.54, 1.807) is 5.57 Å². The van der Waals surface area contributed by atoms with Gasteiger partial charge in [0.15, 0.2) is 0 Å². The zero-order chi connectivity index (χ0) is 32.3. The van der Waals surface area contributed by atoms with Crippen molar-refractivity contribution in [2.24, 2.45) is 50.2 Å². The molecule has 4 saturated carbocycles. The van der Waals surface area contributed by atoms with E-state index < -0.39 is 43.2 Å². The minimum Gasteiger partial charge on any atom is -0.394 e. The molecule has 0 amide bonds. The maximum atomic E-state index is 13.1. The number of aliphatic hydroxyl groups is 5. The number of fused-ring (bicyclic) bond motifs is 7. The lowest BCUT2D eigenvalue weighted by atomic mass is 9.33. The molecule has 1 aliphatic heterocycles. The summed E-state index contributed by atoms with van der Waals surface area (Å²) in [5, 5.41) is 53.1. The van der Waals surface area contributed by atoms with E-state index in [-0.39, 0.29) is 32.5 Å². The van der Waals surface area contributed by atoms with E-state index in [0.717, 1.165) is 57.8 Å². The molecular formula is C37H60O7. The van der Waals surface area contributed by atoms with Crippen molar-refractivity contribution in [2.75, 3.05) is 6.61 Å². The topological polar surface area (TPSA) is 127 Å². The summed E-state index contributed by atoms with van der Waals surface area (Å²) in [6, 6.07) is 0. The van der Waals surface area contributed by atoms with Crippen molar-refractivity contribution < 1.29 is 35.1 Å². The van der Waals surface area contributed by atoms with Crippen molar-refractivity contribution in [2.45, 2.75) is 156 Å². The Kier molecular flexibility index (Phi) is 7.96. The monoisotopic (exact) mass is 616 g/mol. The van der Waals surface area contributed by atoms with Gasteiger partial charge in [-0.1, -0.05) is 60.1 Å². The second-order valence-corrected chi connectivity index (χ2v) is 18.3. The SMILES string of the molecule is CC1(C)CC[C@]2(C[C@@H](O)[C@@H]3OC(CO)[C@H](O)[C@H](O)C3O)CC[C@]3(C)C(=CCC4[C@@]5(C)CCC(=O)C(C)(C)C5CC[C@]43C)C2C1. The van der Waals surface area contributed by atoms with Crippen LogP contribution in [0.3, 0.4) is 0 Å².